The van der Waals surface area contributed by atoms with E-state index in [0.717, 1.165) is 11.3 Å². The summed E-state index contributed by atoms with van der Waals surface area (Å²) >= 11 is 0. The Bertz CT molecular complexity index is 804. The zero-order valence-electron chi connectivity index (χ0n) is 17.4. The quantitative estimate of drug-likeness (QED) is 0.787. The Hall–Kier alpha value is -2.83. The van der Waals surface area contributed by atoms with Gasteiger partial charge in [-0.1, -0.05) is 26.0 Å². The number of ether oxygens (including phenoxy) is 1. The average molecular weight is 386 g/mol. The van der Waals surface area contributed by atoms with E-state index in [2.05, 4.69) is 15.6 Å². The number of carbonyl (C=O) groups is 2. The van der Waals surface area contributed by atoms with Gasteiger partial charge < -0.3 is 19.9 Å². The van der Waals surface area contributed by atoms with Gasteiger partial charge in [0, 0.05) is 24.5 Å². The van der Waals surface area contributed by atoms with E-state index >= 15 is 0 Å². The van der Waals surface area contributed by atoms with Crippen LogP contribution in [-0.4, -0.2) is 33.2 Å². The predicted molar refractivity (Wildman–Crippen MR) is 110 cm³/mol. The smallest absolute Gasteiger partial charge is 0.408 e. The summed E-state index contributed by atoms with van der Waals surface area (Å²) < 4.78 is 7.16. The third-order valence-corrected chi connectivity index (χ3v) is 3.87. The maximum Gasteiger partial charge on any atom is 0.408 e. The average Bonchev–Trinajstić information content (AvgIpc) is 2.99. The molecule has 0 unspecified atom stereocenters. The van der Waals surface area contributed by atoms with Gasteiger partial charge in [-0.25, -0.2) is 9.78 Å². The highest BCUT2D eigenvalue weighted by atomic mass is 16.6. The Kier molecular flexibility index (Phi) is 6.83. The summed E-state index contributed by atoms with van der Waals surface area (Å²) in [7, 11) is 1.91. The van der Waals surface area contributed by atoms with Crippen molar-refractivity contribution < 1.29 is 14.3 Å². The van der Waals surface area contributed by atoms with Gasteiger partial charge in [0.1, 0.15) is 11.6 Å². The second-order valence-corrected chi connectivity index (χ2v) is 8.32. The first-order valence-corrected chi connectivity index (χ1v) is 9.42. The number of hydrogen-bond acceptors (Lipinski definition) is 4. The highest BCUT2D eigenvalue weighted by Gasteiger charge is 2.25. The number of hydrogen-bond donors (Lipinski definition) is 2. The number of nitrogens with zero attached hydrogens (tertiary/aromatic N) is 2. The number of anilines is 1. The van der Waals surface area contributed by atoms with Gasteiger partial charge in [0.15, 0.2) is 0 Å². The van der Waals surface area contributed by atoms with Crippen molar-refractivity contribution >= 4 is 17.7 Å². The molecule has 0 saturated carbocycles. The van der Waals surface area contributed by atoms with E-state index in [1.165, 1.54) is 0 Å². The Morgan fingerprint density at radius 2 is 1.82 bits per heavy atom. The lowest BCUT2D eigenvalue weighted by Gasteiger charge is -2.24. The lowest BCUT2D eigenvalue weighted by atomic mass is 10.0. The van der Waals surface area contributed by atoms with Crippen LogP contribution in [0.15, 0.2) is 36.8 Å². The van der Waals surface area contributed by atoms with E-state index in [1.54, 1.807) is 27.1 Å². The number of rotatable bonds is 6. The van der Waals surface area contributed by atoms with E-state index in [9.17, 15) is 9.59 Å². The summed E-state index contributed by atoms with van der Waals surface area (Å²) in [5, 5.41) is 5.54. The third kappa shape index (κ3) is 6.72. The lowest BCUT2D eigenvalue weighted by Crippen LogP contribution is -2.46. The van der Waals surface area contributed by atoms with Gasteiger partial charge in [0.05, 0.1) is 12.0 Å². The normalized spacial score (nSPS) is 12.5. The molecule has 1 heterocycles. The van der Waals surface area contributed by atoms with Gasteiger partial charge in [-0.05, 0) is 45.2 Å². The first-order valence-electron chi connectivity index (χ1n) is 9.42. The van der Waals surface area contributed by atoms with E-state index in [-0.39, 0.29) is 11.8 Å². The van der Waals surface area contributed by atoms with Crippen molar-refractivity contribution in [2.24, 2.45) is 13.0 Å². The third-order valence-electron chi connectivity index (χ3n) is 3.87. The molecule has 0 saturated heterocycles. The molecule has 0 aliphatic rings. The summed E-state index contributed by atoms with van der Waals surface area (Å²) in [6.07, 6.45) is 3.58. The van der Waals surface area contributed by atoms with E-state index in [1.807, 2.05) is 55.9 Å². The van der Waals surface area contributed by atoms with Crippen LogP contribution in [0.5, 0.6) is 0 Å². The molecular weight excluding hydrogens is 356 g/mol. The molecular formula is C21H30N4O3. The molecule has 28 heavy (non-hydrogen) atoms. The van der Waals surface area contributed by atoms with Crippen molar-refractivity contribution in [3.63, 3.8) is 0 Å². The molecule has 2 N–H and O–H groups in total. The van der Waals surface area contributed by atoms with Crippen LogP contribution < -0.4 is 10.6 Å². The largest absolute Gasteiger partial charge is 0.444 e. The Balaban J connectivity index is 2.04. The molecule has 1 atom stereocenters. The van der Waals surface area contributed by atoms with Crippen LogP contribution >= 0.6 is 0 Å². The number of aryl methyl sites for hydroxylation is 1. The second-order valence-electron chi connectivity index (χ2n) is 8.32. The van der Waals surface area contributed by atoms with Crippen LogP contribution in [0.4, 0.5) is 10.5 Å². The highest BCUT2D eigenvalue weighted by Crippen LogP contribution is 2.20. The molecule has 7 nitrogen and oxygen atoms in total. The summed E-state index contributed by atoms with van der Waals surface area (Å²) in [5.74, 6) is -0.0395. The van der Waals surface area contributed by atoms with Crippen LogP contribution in [0.2, 0.25) is 0 Å². The predicted octanol–water partition coefficient (Wildman–Crippen LogP) is 3.97. The minimum Gasteiger partial charge on any atom is -0.444 e. The molecule has 2 amide bonds. The number of aromatic nitrogens is 2. The van der Waals surface area contributed by atoms with Crippen molar-refractivity contribution in [3.05, 3.63) is 36.8 Å². The minimum absolute atomic E-state index is 0.234. The molecule has 0 fully saturated rings. The van der Waals surface area contributed by atoms with Crippen LogP contribution in [0, 0.1) is 5.92 Å². The molecule has 0 spiro atoms. The summed E-state index contributed by atoms with van der Waals surface area (Å²) in [6.45, 7) is 9.35. The Labute approximate surface area is 166 Å². The molecule has 1 aromatic carbocycles. The van der Waals surface area contributed by atoms with E-state index in [0.29, 0.717) is 12.1 Å². The van der Waals surface area contributed by atoms with E-state index in [4.69, 9.17) is 4.74 Å². The monoisotopic (exact) mass is 386 g/mol. The number of carbonyl (C=O) groups excluding carboxylic acids is 2. The Morgan fingerprint density at radius 3 is 2.32 bits per heavy atom. The molecule has 0 radical (unpaired) electrons. The molecule has 1 aromatic heterocycles. The maximum absolute atomic E-state index is 12.7. The first kappa shape index (κ1) is 21.5. The number of benzene rings is 1. The second kappa shape index (κ2) is 8.91. The summed E-state index contributed by atoms with van der Waals surface area (Å²) in [6, 6.07) is 6.77. The molecule has 2 aromatic rings. The molecule has 7 heteroatoms. The van der Waals surface area contributed by atoms with Gasteiger partial charge in [-0.3, -0.25) is 4.79 Å². The van der Waals surface area contributed by atoms with Crippen LogP contribution in [0.25, 0.3) is 11.3 Å². The number of amides is 2. The summed E-state index contributed by atoms with van der Waals surface area (Å²) in [4.78, 5) is 29.1. The van der Waals surface area contributed by atoms with Gasteiger partial charge in [-0.15, -0.1) is 0 Å². The standard InChI is InChI=1S/C21H30N4O3/c1-14(2)11-17(24-20(27)28-21(3,4)5)19(26)23-16-9-7-15(8-10-16)18-12-25(6)13-22-18/h7-10,12-14,17H,11H2,1-6H3,(H,23,26)(H,24,27)/t17-/m0/s1. The van der Waals surface area contributed by atoms with Gasteiger partial charge >= 0.3 is 6.09 Å². The molecule has 2 rings (SSSR count). The van der Waals surface area contributed by atoms with Crippen molar-refractivity contribution in [2.45, 2.75) is 52.7 Å². The van der Waals surface area contributed by atoms with Crippen molar-refractivity contribution in [3.8, 4) is 11.3 Å². The molecule has 0 aliphatic carbocycles. The SMILES string of the molecule is CC(C)C[C@H](NC(=O)OC(C)(C)C)C(=O)Nc1ccc(-c2cn(C)cn2)cc1. The number of nitrogens with one attached hydrogen (secondary N) is 2. The van der Waals surface area contributed by atoms with Crippen LogP contribution in [-0.2, 0) is 16.6 Å². The maximum atomic E-state index is 12.7. The zero-order chi connectivity index (χ0) is 20.9. The minimum atomic E-state index is -0.676. The van der Waals surface area contributed by atoms with Crippen LogP contribution in [0.3, 0.4) is 0 Å². The van der Waals surface area contributed by atoms with Crippen molar-refractivity contribution in [1.82, 2.24) is 14.9 Å². The molecule has 0 aliphatic heterocycles. The highest BCUT2D eigenvalue weighted by molar-refractivity contribution is 5.96. The fraction of sp³-hybridized carbons (Fsp3) is 0.476. The molecule has 152 valence electrons. The first-order chi connectivity index (χ1) is 13.0. The van der Waals surface area contributed by atoms with Gasteiger partial charge in [-0.2, -0.15) is 0 Å². The van der Waals surface area contributed by atoms with Crippen molar-refractivity contribution in [1.29, 1.82) is 0 Å². The summed E-state index contributed by atoms with van der Waals surface area (Å²) in [5.41, 5.74) is 1.86. The number of alkyl carbamates (subject to hydrolysis) is 1. The zero-order valence-corrected chi connectivity index (χ0v) is 17.4. The lowest BCUT2D eigenvalue weighted by molar-refractivity contribution is -0.118. The molecule has 0 bridgehead atoms. The van der Waals surface area contributed by atoms with E-state index < -0.39 is 17.7 Å². The number of imidazole rings is 1. The topological polar surface area (TPSA) is 85.2 Å². The van der Waals surface area contributed by atoms with Crippen LogP contribution in [0.1, 0.15) is 41.0 Å². The fourth-order valence-corrected chi connectivity index (χ4v) is 2.67. The van der Waals surface area contributed by atoms with Gasteiger partial charge in [0.25, 0.3) is 0 Å². The fourth-order valence-electron chi connectivity index (χ4n) is 2.67. The van der Waals surface area contributed by atoms with Gasteiger partial charge in [0.2, 0.25) is 5.91 Å². The Morgan fingerprint density at radius 1 is 1.18 bits per heavy atom. The van der Waals surface area contributed by atoms with Crippen molar-refractivity contribution in [2.75, 3.05) is 5.32 Å².